The first-order valence-electron chi connectivity index (χ1n) is 7.37. The minimum atomic E-state index is -0.375. The summed E-state index contributed by atoms with van der Waals surface area (Å²) in [7, 11) is 0. The summed E-state index contributed by atoms with van der Waals surface area (Å²) in [5.41, 5.74) is 2.59. The molecule has 0 aliphatic carbocycles. The first-order valence-corrected chi connectivity index (χ1v) is 8.19. The van der Waals surface area contributed by atoms with Crippen LogP contribution in [0.5, 0.6) is 0 Å². The lowest BCUT2D eigenvalue weighted by Crippen LogP contribution is -2.04. The van der Waals surface area contributed by atoms with E-state index in [0.717, 1.165) is 21.2 Å². The van der Waals surface area contributed by atoms with Gasteiger partial charge in [-0.3, -0.25) is 0 Å². The molecule has 0 amide bonds. The molecule has 0 saturated carbocycles. The molecule has 2 aromatic heterocycles. The molecule has 6 nitrogen and oxygen atoms in total. The number of esters is 2. The highest BCUT2D eigenvalue weighted by molar-refractivity contribution is 7.99. The maximum Gasteiger partial charge on any atom is 0.354 e. The molecule has 0 unspecified atom stereocenters. The Kier molecular flexibility index (Phi) is 5.54. The zero-order valence-corrected chi connectivity index (χ0v) is 14.4. The Morgan fingerprint density at radius 2 is 1.30 bits per heavy atom. The maximum atomic E-state index is 11.8. The quantitative estimate of drug-likeness (QED) is 0.789. The highest BCUT2D eigenvalue weighted by Crippen LogP contribution is 2.34. The number of hydrogen-bond acceptors (Lipinski definition) is 5. The first-order chi connectivity index (χ1) is 11.0. The van der Waals surface area contributed by atoms with Crippen molar-refractivity contribution in [2.24, 2.45) is 0 Å². The largest absolute Gasteiger partial charge is 0.461 e. The van der Waals surface area contributed by atoms with Gasteiger partial charge in [0.05, 0.1) is 13.2 Å². The van der Waals surface area contributed by atoms with Gasteiger partial charge in [0.2, 0.25) is 0 Å². The number of nitrogens with one attached hydrogen (secondary N) is 2. The Labute approximate surface area is 138 Å². The highest BCUT2D eigenvalue weighted by Gasteiger charge is 2.17. The summed E-state index contributed by atoms with van der Waals surface area (Å²) >= 11 is 1.48. The molecule has 0 fully saturated rings. The molecule has 0 bridgehead atoms. The number of carbonyl (C=O) groups is 2. The van der Waals surface area contributed by atoms with Crippen LogP contribution in [0.15, 0.2) is 21.9 Å². The lowest BCUT2D eigenvalue weighted by atomic mass is 10.4. The number of aromatic nitrogens is 2. The molecule has 23 heavy (non-hydrogen) atoms. The van der Waals surface area contributed by atoms with Gasteiger partial charge in [0, 0.05) is 21.2 Å². The molecule has 0 aliphatic rings. The predicted octanol–water partition coefficient (Wildman–Crippen LogP) is 3.46. The second-order valence-electron chi connectivity index (χ2n) is 4.89. The molecule has 0 aromatic carbocycles. The lowest BCUT2D eigenvalue weighted by molar-refractivity contribution is 0.0510. The molecular weight excluding hydrogens is 316 g/mol. The van der Waals surface area contributed by atoms with E-state index < -0.39 is 0 Å². The van der Waals surface area contributed by atoms with Crippen molar-refractivity contribution in [3.05, 3.63) is 34.9 Å². The van der Waals surface area contributed by atoms with Gasteiger partial charge in [-0.05, 0) is 39.8 Å². The van der Waals surface area contributed by atoms with E-state index in [1.165, 1.54) is 11.8 Å². The Hall–Kier alpha value is -2.15. The third-order valence-electron chi connectivity index (χ3n) is 3.15. The SMILES string of the molecule is CCOC(=O)c1cc(Sc2cc(C(=O)OCC)[nH]c2C)c(C)[nH]1. The Balaban J connectivity index is 2.19. The van der Waals surface area contributed by atoms with Crippen LogP contribution in [0.25, 0.3) is 0 Å². The Morgan fingerprint density at radius 1 is 0.913 bits per heavy atom. The molecule has 2 aromatic rings. The number of aromatic amines is 2. The van der Waals surface area contributed by atoms with Crippen molar-refractivity contribution in [3.8, 4) is 0 Å². The van der Waals surface area contributed by atoms with Crippen LogP contribution in [-0.2, 0) is 9.47 Å². The molecule has 0 radical (unpaired) electrons. The number of aryl methyl sites for hydroxylation is 2. The number of carbonyl (C=O) groups excluding carboxylic acids is 2. The van der Waals surface area contributed by atoms with E-state index in [0.29, 0.717) is 24.6 Å². The molecule has 0 aliphatic heterocycles. The zero-order chi connectivity index (χ0) is 17.0. The van der Waals surface area contributed by atoms with Gasteiger partial charge >= 0.3 is 11.9 Å². The van der Waals surface area contributed by atoms with Crippen molar-refractivity contribution in [3.63, 3.8) is 0 Å². The van der Waals surface area contributed by atoms with Gasteiger partial charge in [-0.25, -0.2) is 9.59 Å². The van der Waals surface area contributed by atoms with Crippen LogP contribution in [0, 0.1) is 13.8 Å². The average Bonchev–Trinajstić information content (AvgIpc) is 3.04. The van der Waals surface area contributed by atoms with Crippen LogP contribution in [0.4, 0.5) is 0 Å². The van der Waals surface area contributed by atoms with Gasteiger partial charge in [-0.2, -0.15) is 0 Å². The van der Waals surface area contributed by atoms with Gasteiger partial charge in [-0.1, -0.05) is 11.8 Å². The van der Waals surface area contributed by atoms with E-state index in [1.807, 2.05) is 13.8 Å². The molecule has 124 valence electrons. The number of ether oxygens (including phenoxy) is 2. The minimum absolute atomic E-state index is 0.333. The van der Waals surface area contributed by atoms with E-state index in [4.69, 9.17) is 9.47 Å². The smallest absolute Gasteiger partial charge is 0.354 e. The normalized spacial score (nSPS) is 10.6. The topological polar surface area (TPSA) is 84.2 Å². The average molecular weight is 336 g/mol. The molecule has 2 N–H and O–H groups in total. The van der Waals surface area contributed by atoms with Crippen molar-refractivity contribution in [2.75, 3.05) is 13.2 Å². The summed E-state index contributed by atoms with van der Waals surface area (Å²) < 4.78 is 9.97. The van der Waals surface area contributed by atoms with Gasteiger partial charge in [0.1, 0.15) is 11.4 Å². The van der Waals surface area contributed by atoms with Crippen molar-refractivity contribution < 1.29 is 19.1 Å². The predicted molar refractivity (Wildman–Crippen MR) is 87.1 cm³/mol. The second-order valence-corrected chi connectivity index (χ2v) is 5.97. The molecular formula is C16H20N2O4S. The molecule has 2 rings (SSSR count). The minimum Gasteiger partial charge on any atom is -0.461 e. The molecule has 0 spiro atoms. The van der Waals surface area contributed by atoms with E-state index in [-0.39, 0.29) is 11.9 Å². The van der Waals surface area contributed by atoms with Crippen LogP contribution in [-0.4, -0.2) is 35.1 Å². The Bertz CT molecular complexity index is 657. The van der Waals surface area contributed by atoms with Gasteiger partial charge in [0.15, 0.2) is 0 Å². The molecule has 7 heteroatoms. The fraction of sp³-hybridized carbons (Fsp3) is 0.375. The van der Waals surface area contributed by atoms with Crippen LogP contribution < -0.4 is 0 Å². The third kappa shape index (κ3) is 3.98. The van der Waals surface area contributed by atoms with Crippen LogP contribution >= 0.6 is 11.8 Å². The second kappa shape index (κ2) is 7.41. The number of hydrogen-bond donors (Lipinski definition) is 2. The van der Waals surface area contributed by atoms with Crippen molar-refractivity contribution in [2.45, 2.75) is 37.5 Å². The van der Waals surface area contributed by atoms with Crippen LogP contribution in [0.1, 0.15) is 46.2 Å². The molecule has 0 atom stereocenters. The summed E-state index contributed by atoms with van der Waals surface area (Å²) in [6.07, 6.45) is 0. The van der Waals surface area contributed by atoms with Crippen LogP contribution in [0.2, 0.25) is 0 Å². The van der Waals surface area contributed by atoms with Crippen molar-refractivity contribution in [1.29, 1.82) is 0 Å². The fourth-order valence-corrected chi connectivity index (χ4v) is 3.04. The number of rotatable bonds is 6. The number of H-pyrrole nitrogens is 2. The van der Waals surface area contributed by atoms with Crippen molar-refractivity contribution in [1.82, 2.24) is 9.97 Å². The standard InChI is InChI=1S/C16H20N2O4S/c1-5-21-15(19)11-7-13(9(3)17-11)23-14-8-12(18-10(14)4)16(20)22-6-2/h7-8,17-18H,5-6H2,1-4H3. The monoisotopic (exact) mass is 336 g/mol. The highest BCUT2D eigenvalue weighted by atomic mass is 32.2. The van der Waals surface area contributed by atoms with Gasteiger partial charge in [0.25, 0.3) is 0 Å². The Morgan fingerprint density at radius 3 is 1.65 bits per heavy atom. The third-order valence-corrected chi connectivity index (χ3v) is 4.43. The van der Waals surface area contributed by atoms with E-state index >= 15 is 0 Å². The lowest BCUT2D eigenvalue weighted by Gasteiger charge is -1.98. The summed E-state index contributed by atoms with van der Waals surface area (Å²) in [5.74, 6) is -0.749. The summed E-state index contributed by atoms with van der Waals surface area (Å²) in [5, 5.41) is 0. The van der Waals surface area contributed by atoms with Crippen LogP contribution in [0.3, 0.4) is 0 Å². The molecule has 2 heterocycles. The summed E-state index contributed by atoms with van der Waals surface area (Å²) in [4.78, 5) is 31.4. The maximum absolute atomic E-state index is 11.8. The van der Waals surface area contributed by atoms with Gasteiger partial charge < -0.3 is 19.4 Å². The first kappa shape index (κ1) is 17.2. The van der Waals surface area contributed by atoms with Crippen molar-refractivity contribution >= 4 is 23.7 Å². The van der Waals surface area contributed by atoms with Gasteiger partial charge in [-0.15, -0.1) is 0 Å². The summed E-state index contributed by atoms with van der Waals surface area (Å²) in [6, 6.07) is 3.52. The zero-order valence-electron chi connectivity index (χ0n) is 13.6. The molecule has 0 saturated heterocycles. The van der Waals surface area contributed by atoms with E-state index in [9.17, 15) is 9.59 Å². The van der Waals surface area contributed by atoms with E-state index in [2.05, 4.69) is 9.97 Å². The fourth-order valence-electron chi connectivity index (χ4n) is 2.05. The van der Waals surface area contributed by atoms with E-state index in [1.54, 1.807) is 26.0 Å². The summed E-state index contributed by atoms with van der Waals surface area (Å²) in [6.45, 7) is 7.98.